The fourth-order valence-electron chi connectivity index (χ4n) is 2.87. The molecule has 3 N–H and O–H groups in total. The van der Waals surface area contributed by atoms with Gasteiger partial charge in [-0.1, -0.05) is 6.08 Å². The maximum absolute atomic E-state index is 12.1. The first-order valence-electron chi connectivity index (χ1n) is 8.54. The number of allylic oxidation sites excluding steroid dienone is 1. The van der Waals surface area contributed by atoms with Crippen LogP contribution < -0.4 is 16.2 Å². The van der Waals surface area contributed by atoms with Gasteiger partial charge in [-0.25, -0.2) is 4.98 Å². The number of pyridine rings is 2. The second-order valence-corrected chi connectivity index (χ2v) is 6.18. The van der Waals surface area contributed by atoms with E-state index < -0.39 is 0 Å². The van der Waals surface area contributed by atoms with Gasteiger partial charge in [0, 0.05) is 38.1 Å². The zero-order chi connectivity index (χ0) is 19.4. The second-order valence-electron chi connectivity index (χ2n) is 6.18. The molecule has 0 radical (unpaired) electrons. The van der Waals surface area contributed by atoms with Gasteiger partial charge in [0.1, 0.15) is 23.1 Å². The van der Waals surface area contributed by atoms with Crippen LogP contribution in [0.1, 0.15) is 6.92 Å². The number of amides is 1. The van der Waals surface area contributed by atoms with Crippen molar-refractivity contribution in [2.24, 2.45) is 0 Å². The van der Waals surface area contributed by atoms with Crippen LogP contribution in [-0.2, 0) is 4.79 Å². The molecule has 0 aromatic carbocycles. The normalized spacial score (nSPS) is 14.3. The predicted octanol–water partition coefficient (Wildman–Crippen LogP) is 1.57. The Hall–Kier alpha value is -3.60. The third-order valence-corrected chi connectivity index (χ3v) is 4.42. The molecule has 2 aromatic heterocycles. The van der Waals surface area contributed by atoms with Gasteiger partial charge in [0.25, 0.3) is 11.5 Å². The SMILES string of the molecule is C/C=C(\C#N)C(=O)N1CC(Nc2cc(-c3ccnc(NC)c3)c[nH]c2=O)C1. The quantitative estimate of drug-likeness (QED) is 0.548. The zero-order valence-electron chi connectivity index (χ0n) is 15.1. The lowest BCUT2D eigenvalue weighted by molar-refractivity contribution is -0.130. The number of nitrogens with one attached hydrogen (secondary N) is 3. The number of hydrogen-bond acceptors (Lipinski definition) is 6. The largest absolute Gasteiger partial charge is 0.374 e. The van der Waals surface area contributed by atoms with Crippen molar-refractivity contribution in [1.29, 1.82) is 5.26 Å². The Morgan fingerprint density at radius 1 is 1.41 bits per heavy atom. The van der Waals surface area contributed by atoms with Crippen molar-refractivity contribution in [3.8, 4) is 17.2 Å². The summed E-state index contributed by atoms with van der Waals surface area (Å²) in [7, 11) is 1.79. The van der Waals surface area contributed by atoms with Crippen molar-refractivity contribution in [3.05, 3.63) is 52.6 Å². The number of carbonyl (C=O) groups excluding carboxylic acids is 1. The maximum atomic E-state index is 12.1. The van der Waals surface area contributed by atoms with Crippen molar-refractivity contribution < 1.29 is 4.79 Å². The van der Waals surface area contributed by atoms with Gasteiger partial charge >= 0.3 is 0 Å². The Morgan fingerprint density at radius 3 is 2.85 bits per heavy atom. The van der Waals surface area contributed by atoms with Gasteiger partial charge in [-0.15, -0.1) is 0 Å². The molecule has 1 amide bonds. The van der Waals surface area contributed by atoms with Crippen molar-refractivity contribution in [1.82, 2.24) is 14.9 Å². The summed E-state index contributed by atoms with van der Waals surface area (Å²) in [4.78, 5) is 32.7. The third kappa shape index (κ3) is 3.82. The highest BCUT2D eigenvalue weighted by molar-refractivity contribution is 5.97. The van der Waals surface area contributed by atoms with Gasteiger partial charge in [-0.05, 0) is 30.7 Å². The number of anilines is 2. The summed E-state index contributed by atoms with van der Waals surface area (Å²) in [6, 6.07) is 7.40. The van der Waals surface area contributed by atoms with Crippen LogP contribution in [0.2, 0.25) is 0 Å². The van der Waals surface area contributed by atoms with Gasteiger partial charge in [-0.2, -0.15) is 5.26 Å². The van der Waals surface area contributed by atoms with Gasteiger partial charge < -0.3 is 20.5 Å². The van der Waals surface area contributed by atoms with Gasteiger partial charge in [0.05, 0.1) is 6.04 Å². The summed E-state index contributed by atoms with van der Waals surface area (Å²) in [6.07, 6.45) is 4.86. The molecule has 1 aliphatic rings. The predicted molar refractivity (Wildman–Crippen MR) is 103 cm³/mol. The molecule has 0 saturated carbocycles. The van der Waals surface area contributed by atoms with E-state index in [0.29, 0.717) is 18.8 Å². The highest BCUT2D eigenvalue weighted by Crippen LogP contribution is 2.23. The van der Waals surface area contributed by atoms with Crippen LogP contribution in [0, 0.1) is 11.3 Å². The van der Waals surface area contributed by atoms with Crippen molar-refractivity contribution >= 4 is 17.4 Å². The minimum absolute atomic E-state index is 0.0348. The standard InChI is InChI=1S/C19H20N6O2/c1-3-12(8-20)19(27)25-10-15(11-25)24-16-6-14(9-23-18(16)26)13-4-5-22-17(7-13)21-2/h3-7,9,15,24H,10-11H2,1-2H3,(H,21,22)(H,23,26)/b12-3+. The van der Waals surface area contributed by atoms with E-state index in [1.807, 2.05) is 18.2 Å². The first-order valence-corrected chi connectivity index (χ1v) is 8.54. The summed E-state index contributed by atoms with van der Waals surface area (Å²) < 4.78 is 0. The van der Waals surface area contributed by atoms with Gasteiger partial charge in [0.2, 0.25) is 0 Å². The summed E-state index contributed by atoms with van der Waals surface area (Å²) >= 11 is 0. The molecule has 1 fully saturated rings. The smallest absolute Gasteiger partial charge is 0.271 e. The molecule has 3 rings (SSSR count). The molecule has 8 nitrogen and oxygen atoms in total. The molecule has 27 heavy (non-hydrogen) atoms. The van der Waals surface area contributed by atoms with Crippen LogP contribution in [0.4, 0.5) is 11.5 Å². The van der Waals surface area contributed by atoms with E-state index in [1.165, 1.54) is 6.08 Å². The highest BCUT2D eigenvalue weighted by atomic mass is 16.2. The topological polar surface area (TPSA) is 114 Å². The van der Waals surface area contributed by atoms with Crippen LogP contribution in [0.5, 0.6) is 0 Å². The van der Waals surface area contributed by atoms with Crippen molar-refractivity contribution in [3.63, 3.8) is 0 Å². The lowest BCUT2D eigenvalue weighted by Gasteiger charge is -2.39. The molecular formula is C19H20N6O2. The molecular weight excluding hydrogens is 344 g/mol. The average molecular weight is 364 g/mol. The van der Waals surface area contributed by atoms with E-state index >= 15 is 0 Å². The Balaban J connectivity index is 1.71. The average Bonchev–Trinajstić information content (AvgIpc) is 2.66. The summed E-state index contributed by atoms with van der Waals surface area (Å²) in [5.74, 6) is 0.454. The summed E-state index contributed by atoms with van der Waals surface area (Å²) in [5.41, 5.74) is 2.12. The molecule has 3 heterocycles. The van der Waals surface area contributed by atoms with E-state index in [4.69, 9.17) is 5.26 Å². The van der Waals surface area contributed by atoms with Crippen molar-refractivity contribution in [2.45, 2.75) is 13.0 Å². The van der Waals surface area contributed by atoms with E-state index in [9.17, 15) is 9.59 Å². The van der Waals surface area contributed by atoms with E-state index in [2.05, 4.69) is 20.6 Å². The van der Waals surface area contributed by atoms with Crippen molar-refractivity contribution in [2.75, 3.05) is 30.8 Å². The Labute approximate surface area is 156 Å². The number of likely N-dealkylation sites (tertiary alicyclic amines) is 1. The number of carbonyl (C=O) groups is 1. The third-order valence-electron chi connectivity index (χ3n) is 4.42. The molecule has 2 aromatic rings. The lowest BCUT2D eigenvalue weighted by atomic mass is 10.1. The van der Waals surface area contributed by atoms with E-state index in [1.54, 1.807) is 37.3 Å². The molecule has 0 atom stereocenters. The summed E-state index contributed by atoms with van der Waals surface area (Å²) in [6.45, 7) is 2.55. The van der Waals surface area contributed by atoms with E-state index in [0.717, 1.165) is 16.9 Å². The maximum Gasteiger partial charge on any atom is 0.271 e. The fourth-order valence-corrected chi connectivity index (χ4v) is 2.87. The van der Waals surface area contributed by atoms with Crippen LogP contribution in [0.25, 0.3) is 11.1 Å². The minimum atomic E-state index is -0.280. The molecule has 1 aliphatic heterocycles. The second kappa shape index (κ2) is 7.74. The Morgan fingerprint density at radius 2 is 2.19 bits per heavy atom. The lowest BCUT2D eigenvalue weighted by Crippen LogP contribution is -2.57. The number of aromatic nitrogens is 2. The molecule has 138 valence electrons. The molecule has 1 saturated heterocycles. The highest BCUT2D eigenvalue weighted by Gasteiger charge is 2.32. The van der Waals surface area contributed by atoms with Crippen LogP contribution >= 0.6 is 0 Å². The Kier molecular flexibility index (Phi) is 5.22. The van der Waals surface area contributed by atoms with Crippen LogP contribution in [0.15, 0.2) is 47.0 Å². The molecule has 0 unspecified atom stereocenters. The fraction of sp³-hybridized carbons (Fsp3) is 0.263. The summed E-state index contributed by atoms with van der Waals surface area (Å²) in [5, 5.41) is 15.1. The van der Waals surface area contributed by atoms with Gasteiger partial charge in [0.15, 0.2) is 0 Å². The number of aromatic amines is 1. The van der Waals surface area contributed by atoms with Gasteiger partial charge in [-0.3, -0.25) is 9.59 Å². The number of H-pyrrole nitrogens is 1. The molecule has 0 bridgehead atoms. The molecule has 0 spiro atoms. The van der Waals surface area contributed by atoms with Crippen LogP contribution in [0.3, 0.4) is 0 Å². The van der Waals surface area contributed by atoms with Crippen LogP contribution in [-0.4, -0.2) is 47.0 Å². The minimum Gasteiger partial charge on any atom is -0.374 e. The number of hydrogen-bond donors (Lipinski definition) is 3. The monoisotopic (exact) mass is 364 g/mol. The molecule has 8 heteroatoms. The zero-order valence-corrected chi connectivity index (χ0v) is 15.1. The number of nitriles is 1. The number of rotatable bonds is 5. The van der Waals surface area contributed by atoms with E-state index in [-0.39, 0.29) is 23.1 Å². The molecule has 0 aliphatic carbocycles. The first-order chi connectivity index (χ1) is 13.0. The number of nitrogens with zero attached hydrogens (tertiary/aromatic N) is 3. The first kappa shape index (κ1) is 18.2. The Bertz CT molecular complexity index is 982.